The third-order valence-electron chi connectivity index (χ3n) is 2.60. The van der Waals surface area contributed by atoms with Crippen LogP contribution in [0.4, 0.5) is 0 Å². The summed E-state index contributed by atoms with van der Waals surface area (Å²) in [5, 5.41) is 29.3. The van der Waals surface area contributed by atoms with Gasteiger partial charge in [0.2, 0.25) is 0 Å². The van der Waals surface area contributed by atoms with Gasteiger partial charge < -0.3 is 24.8 Å². The molecule has 2 unspecified atom stereocenters. The van der Waals surface area contributed by atoms with Gasteiger partial charge in [0, 0.05) is 5.56 Å². The van der Waals surface area contributed by atoms with Crippen LogP contribution in [0.1, 0.15) is 25.0 Å². The minimum absolute atomic E-state index is 0.0937. The molecule has 0 bridgehead atoms. The van der Waals surface area contributed by atoms with Gasteiger partial charge in [-0.05, 0) is 25.1 Å². The summed E-state index contributed by atoms with van der Waals surface area (Å²) in [6.45, 7) is 1.85. The highest BCUT2D eigenvalue weighted by Crippen LogP contribution is 2.31. The molecular weight excluding hydrogens is 252 g/mol. The van der Waals surface area contributed by atoms with Gasteiger partial charge in [0.05, 0.1) is 26.2 Å². The van der Waals surface area contributed by atoms with E-state index >= 15 is 0 Å². The molecule has 0 saturated carbocycles. The number of ether oxygens (including phenoxy) is 2. The molecule has 19 heavy (non-hydrogen) atoms. The first kappa shape index (κ1) is 15.3. The largest absolute Gasteiger partial charge is 0.508 e. The monoisotopic (exact) mass is 270 g/mol. The summed E-state index contributed by atoms with van der Waals surface area (Å²) < 4.78 is 9.64. The second-order valence-corrected chi connectivity index (χ2v) is 3.95. The molecule has 6 nitrogen and oxygen atoms in total. The Balaban J connectivity index is 2.81. The lowest BCUT2D eigenvalue weighted by Crippen LogP contribution is -2.23. The fourth-order valence-electron chi connectivity index (χ4n) is 1.61. The molecule has 0 heterocycles. The molecule has 0 fully saturated rings. The topological polar surface area (TPSA) is 96.2 Å². The molecule has 1 aromatic carbocycles. The lowest BCUT2D eigenvalue weighted by Gasteiger charge is -2.19. The predicted molar refractivity (Wildman–Crippen MR) is 66.9 cm³/mol. The van der Waals surface area contributed by atoms with Gasteiger partial charge in [-0.15, -0.1) is 0 Å². The van der Waals surface area contributed by atoms with Gasteiger partial charge in [-0.1, -0.05) is 0 Å². The molecule has 0 spiro atoms. The van der Waals surface area contributed by atoms with Crippen LogP contribution in [0.3, 0.4) is 0 Å². The van der Waals surface area contributed by atoms with Crippen molar-refractivity contribution in [3.63, 3.8) is 0 Å². The molecule has 0 aliphatic heterocycles. The van der Waals surface area contributed by atoms with Crippen LogP contribution in [-0.4, -0.2) is 41.1 Å². The average Bonchev–Trinajstić information content (AvgIpc) is 2.38. The molecule has 2 atom stereocenters. The number of benzene rings is 1. The lowest BCUT2D eigenvalue weighted by molar-refractivity contribution is -0.147. The minimum Gasteiger partial charge on any atom is -0.508 e. The van der Waals surface area contributed by atoms with Gasteiger partial charge in [-0.3, -0.25) is 4.79 Å². The average molecular weight is 270 g/mol. The Kier molecular flexibility index (Phi) is 5.59. The Hall–Kier alpha value is -1.79. The third kappa shape index (κ3) is 4.11. The number of aliphatic hydroxyl groups excluding tert-OH is 2. The van der Waals surface area contributed by atoms with Crippen molar-refractivity contribution in [1.29, 1.82) is 0 Å². The first-order valence-electron chi connectivity index (χ1n) is 5.88. The number of esters is 1. The first-order chi connectivity index (χ1) is 8.99. The van der Waals surface area contributed by atoms with Crippen molar-refractivity contribution in [2.24, 2.45) is 0 Å². The number of carbonyl (C=O) groups excluding carboxylic acids is 1. The van der Waals surface area contributed by atoms with Gasteiger partial charge in [0.25, 0.3) is 0 Å². The fraction of sp³-hybridized carbons (Fsp3) is 0.462. The molecule has 106 valence electrons. The summed E-state index contributed by atoms with van der Waals surface area (Å²) in [6.07, 6.45) is -3.12. The van der Waals surface area contributed by atoms with Gasteiger partial charge >= 0.3 is 5.97 Å². The van der Waals surface area contributed by atoms with E-state index in [0.717, 1.165) is 0 Å². The van der Waals surface area contributed by atoms with Crippen molar-refractivity contribution in [1.82, 2.24) is 0 Å². The number of phenolic OH excluding ortho intramolecular Hbond substituents is 1. The predicted octanol–water partition coefficient (Wildman–Crippen LogP) is 0.748. The van der Waals surface area contributed by atoms with Crippen LogP contribution in [0.25, 0.3) is 0 Å². The number of carbonyl (C=O) groups is 1. The van der Waals surface area contributed by atoms with Crippen molar-refractivity contribution >= 4 is 5.97 Å². The SMILES string of the molecule is CCOC(=O)CC(O)C(O)c1cc(OC)ccc1O. The summed E-state index contributed by atoms with van der Waals surface area (Å²) in [7, 11) is 1.44. The van der Waals surface area contributed by atoms with E-state index in [2.05, 4.69) is 4.74 Å². The highest BCUT2D eigenvalue weighted by atomic mass is 16.5. The quantitative estimate of drug-likeness (QED) is 0.660. The molecule has 0 aliphatic carbocycles. The number of methoxy groups -OCH3 is 1. The maximum atomic E-state index is 11.2. The maximum absolute atomic E-state index is 11.2. The third-order valence-corrected chi connectivity index (χ3v) is 2.60. The van der Waals surface area contributed by atoms with Crippen LogP contribution >= 0.6 is 0 Å². The van der Waals surface area contributed by atoms with Crippen LogP contribution in [0.2, 0.25) is 0 Å². The number of hydrogen-bond acceptors (Lipinski definition) is 6. The molecule has 6 heteroatoms. The highest BCUT2D eigenvalue weighted by molar-refractivity contribution is 5.70. The number of rotatable bonds is 6. The second-order valence-electron chi connectivity index (χ2n) is 3.95. The summed E-state index contributed by atoms with van der Waals surface area (Å²) >= 11 is 0. The molecular formula is C13H18O6. The summed E-state index contributed by atoms with van der Waals surface area (Å²) in [6, 6.07) is 4.26. The van der Waals surface area contributed by atoms with Crippen LogP contribution in [0.5, 0.6) is 11.5 Å². The van der Waals surface area contributed by atoms with Gasteiger partial charge in [0.15, 0.2) is 0 Å². The van der Waals surface area contributed by atoms with Gasteiger partial charge in [-0.25, -0.2) is 0 Å². The lowest BCUT2D eigenvalue weighted by atomic mass is 10.0. The molecule has 1 aromatic rings. The summed E-state index contributed by atoms with van der Waals surface area (Å²) in [5.41, 5.74) is 0.0937. The zero-order chi connectivity index (χ0) is 14.4. The smallest absolute Gasteiger partial charge is 0.308 e. The molecule has 0 radical (unpaired) electrons. The van der Waals surface area contributed by atoms with E-state index in [1.165, 1.54) is 25.3 Å². The number of phenols is 1. The van der Waals surface area contributed by atoms with Gasteiger partial charge in [0.1, 0.15) is 17.6 Å². The zero-order valence-electron chi connectivity index (χ0n) is 10.9. The Bertz CT molecular complexity index is 431. The molecule has 0 saturated heterocycles. The van der Waals surface area contributed by atoms with E-state index in [4.69, 9.17) is 4.74 Å². The van der Waals surface area contributed by atoms with Crippen LogP contribution in [-0.2, 0) is 9.53 Å². The molecule has 0 amide bonds. The van der Waals surface area contributed by atoms with E-state index < -0.39 is 18.2 Å². The van der Waals surface area contributed by atoms with E-state index in [1.54, 1.807) is 6.92 Å². The van der Waals surface area contributed by atoms with Crippen LogP contribution < -0.4 is 4.74 Å². The Morgan fingerprint density at radius 1 is 1.37 bits per heavy atom. The van der Waals surface area contributed by atoms with Crippen molar-refractivity contribution in [3.05, 3.63) is 23.8 Å². The standard InChI is InChI=1S/C13H18O6/c1-3-19-12(16)7-11(15)13(17)9-6-8(18-2)4-5-10(9)14/h4-6,11,13-15,17H,3,7H2,1-2H3. The number of aliphatic hydroxyl groups is 2. The van der Waals surface area contributed by atoms with Crippen molar-refractivity contribution < 1.29 is 29.6 Å². The first-order valence-corrected chi connectivity index (χ1v) is 5.88. The van der Waals surface area contributed by atoms with Crippen molar-refractivity contribution in [3.8, 4) is 11.5 Å². The number of aromatic hydroxyl groups is 1. The summed E-state index contributed by atoms with van der Waals surface area (Å²) in [4.78, 5) is 11.2. The minimum atomic E-state index is -1.40. The Morgan fingerprint density at radius 2 is 2.05 bits per heavy atom. The Labute approximate surface area is 111 Å². The maximum Gasteiger partial charge on any atom is 0.308 e. The normalized spacial score (nSPS) is 13.7. The highest BCUT2D eigenvalue weighted by Gasteiger charge is 2.24. The zero-order valence-corrected chi connectivity index (χ0v) is 10.9. The molecule has 3 N–H and O–H groups in total. The fourth-order valence-corrected chi connectivity index (χ4v) is 1.61. The second kappa shape index (κ2) is 6.96. The van der Waals surface area contributed by atoms with E-state index in [1.807, 2.05) is 0 Å². The van der Waals surface area contributed by atoms with Crippen LogP contribution in [0, 0.1) is 0 Å². The van der Waals surface area contributed by atoms with Crippen LogP contribution in [0.15, 0.2) is 18.2 Å². The van der Waals surface area contributed by atoms with E-state index in [-0.39, 0.29) is 24.3 Å². The molecule has 0 aliphatic rings. The number of hydrogen-bond donors (Lipinski definition) is 3. The molecule has 1 rings (SSSR count). The van der Waals surface area contributed by atoms with Crippen molar-refractivity contribution in [2.75, 3.05) is 13.7 Å². The Morgan fingerprint density at radius 3 is 2.63 bits per heavy atom. The summed E-state index contributed by atoms with van der Waals surface area (Å²) in [5.74, 6) is -0.372. The van der Waals surface area contributed by atoms with Crippen molar-refractivity contribution in [2.45, 2.75) is 25.6 Å². The van der Waals surface area contributed by atoms with E-state index in [0.29, 0.717) is 5.75 Å². The van der Waals surface area contributed by atoms with Gasteiger partial charge in [-0.2, -0.15) is 0 Å². The molecule has 0 aromatic heterocycles. The van der Waals surface area contributed by atoms with E-state index in [9.17, 15) is 20.1 Å².